The van der Waals surface area contributed by atoms with Crippen LogP contribution in [0.25, 0.3) is 0 Å². The highest BCUT2D eigenvalue weighted by Gasteiger charge is 2.29. The highest BCUT2D eigenvalue weighted by molar-refractivity contribution is 7.89. The first-order valence-electron chi connectivity index (χ1n) is 10.3. The minimum Gasteiger partial charge on any atom is -0.497 e. The predicted octanol–water partition coefficient (Wildman–Crippen LogP) is 3.66. The largest absolute Gasteiger partial charge is 0.497 e. The molecule has 0 spiro atoms. The molecule has 0 fully saturated rings. The number of carbonyl (C=O) groups excluding carboxylic acids is 1. The summed E-state index contributed by atoms with van der Waals surface area (Å²) in [4.78, 5) is 13.0. The predicted molar refractivity (Wildman–Crippen MR) is 121 cm³/mol. The van der Waals surface area contributed by atoms with Crippen LogP contribution in [-0.2, 0) is 14.8 Å². The van der Waals surface area contributed by atoms with E-state index in [4.69, 9.17) is 9.47 Å². The molecule has 170 valence electrons. The number of carbonyl (C=O) groups is 1. The smallest absolute Gasteiger partial charge is 0.241 e. The lowest BCUT2D eigenvalue weighted by Gasteiger charge is -2.24. The zero-order chi connectivity index (χ0) is 23.2. The van der Waals surface area contributed by atoms with Gasteiger partial charge in [-0.1, -0.05) is 26.0 Å². The Labute approximate surface area is 185 Å². The third kappa shape index (κ3) is 6.97. The summed E-state index contributed by atoms with van der Waals surface area (Å²) in [6.07, 6.45) is 0.0397. The molecule has 0 saturated heterocycles. The van der Waals surface area contributed by atoms with Crippen LogP contribution in [0.2, 0.25) is 0 Å². The van der Waals surface area contributed by atoms with Crippen LogP contribution in [-0.4, -0.2) is 33.6 Å². The summed E-state index contributed by atoms with van der Waals surface area (Å²) in [6.45, 7) is 9.33. The maximum Gasteiger partial charge on any atom is 0.241 e. The minimum atomic E-state index is -3.88. The van der Waals surface area contributed by atoms with E-state index in [1.807, 2.05) is 45.0 Å². The lowest BCUT2D eigenvalue weighted by atomic mass is 10.0. The molecule has 2 aromatic rings. The average molecular weight is 449 g/mol. The minimum absolute atomic E-state index is 0.0397. The Morgan fingerprint density at radius 2 is 1.58 bits per heavy atom. The molecule has 0 aliphatic rings. The summed E-state index contributed by atoms with van der Waals surface area (Å²) in [7, 11) is -2.37. The molecule has 0 saturated carbocycles. The molecular weight excluding hydrogens is 416 g/mol. The fourth-order valence-corrected chi connectivity index (χ4v) is 4.34. The lowest BCUT2D eigenvalue weighted by Crippen LogP contribution is -2.50. The quantitative estimate of drug-likeness (QED) is 0.579. The Morgan fingerprint density at radius 3 is 2.13 bits per heavy atom. The molecule has 0 radical (unpaired) electrons. The Bertz CT molecular complexity index is 972. The van der Waals surface area contributed by atoms with E-state index in [1.54, 1.807) is 26.0 Å². The first-order chi connectivity index (χ1) is 14.5. The second-order valence-corrected chi connectivity index (χ2v) is 9.70. The maximum absolute atomic E-state index is 13.0. The summed E-state index contributed by atoms with van der Waals surface area (Å²) in [5.41, 5.74) is 0.868. The third-order valence-corrected chi connectivity index (χ3v) is 6.15. The topological polar surface area (TPSA) is 93.7 Å². The van der Waals surface area contributed by atoms with Crippen LogP contribution in [0, 0.1) is 5.92 Å². The van der Waals surface area contributed by atoms with E-state index in [1.165, 1.54) is 19.2 Å². The van der Waals surface area contributed by atoms with Gasteiger partial charge in [0, 0.05) is 0 Å². The van der Waals surface area contributed by atoms with E-state index in [2.05, 4.69) is 10.0 Å². The van der Waals surface area contributed by atoms with Gasteiger partial charge in [0.1, 0.15) is 17.5 Å². The van der Waals surface area contributed by atoms with Gasteiger partial charge in [0.05, 0.1) is 24.2 Å². The van der Waals surface area contributed by atoms with Gasteiger partial charge in [-0.3, -0.25) is 4.79 Å². The standard InChI is InChI=1S/C23H32N2O5S/c1-15(2)22(25-31(27,28)21-12-10-19(29-6)11-13-21)23(26)24-17(5)18-8-7-9-20(14-18)30-16(3)4/h7-17,22,25H,1-6H3,(H,24,26)/t17?,22-/m0/s1. The van der Waals surface area contributed by atoms with Crippen LogP contribution >= 0.6 is 0 Å². The van der Waals surface area contributed by atoms with Crippen molar-refractivity contribution < 1.29 is 22.7 Å². The molecule has 0 aromatic heterocycles. The van der Waals surface area contributed by atoms with Crippen molar-refractivity contribution in [1.29, 1.82) is 0 Å². The Kier molecular flexibility index (Phi) is 8.47. The Morgan fingerprint density at radius 1 is 0.935 bits per heavy atom. The van der Waals surface area contributed by atoms with Crippen LogP contribution < -0.4 is 19.5 Å². The van der Waals surface area contributed by atoms with Gasteiger partial charge < -0.3 is 14.8 Å². The van der Waals surface area contributed by atoms with Crippen molar-refractivity contribution in [1.82, 2.24) is 10.0 Å². The summed E-state index contributed by atoms with van der Waals surface area (Å²) >= 11 is 0. The van der Waals surface area contributed by atoms with Gasteiger partial charge in [-0.2, -0.15) is 4.72 Å². The molecule has 8 heteroatoms. The second-order valence-electron chi connectivity index (χ2n) is 7.99. The highest BCUT2D eigenvalue weighted by atomic mass is 32.2. The molecule has 2 N–H and O–H groups in total. The molecular formula is C23H32N2O5S. The first-order valence-corrected chi connectivity index (χ1v) is 11.7. The van der Waals surface area contributed by atoms with E-state index in [0.717, 1.165) is 5.56 Å². The number of hydrogen-bond acceptors (Lipinski definition) is 5. The Hall–Kier alpha value is -2.58. The lowest BCUT2D eigenvalue weighted by molar-refractivity contribution is -0.124. The molecule has 0 aliphatic heterocycles. The van der Waals surface area contributed by atoms with Gasteiger partial charge in [0.25, 0.3) is 0 Å². The molecule has 2 atom stereocenters. The van der Waals surface area contributed by atoms with Crippen LogP contribution in [0.3, 0.4) is 0 Å². The van der Waals surface area contributed by atoms with Gasteiger partial charge in [-0.05, 0) is 68.7 Å². The van der Waals surface area contributed by atoms with Crippen LogP contribution in [0.5, 0.6) is 11.5 Å². The molecule has 31 heavy (non-hydrogen) atoms. The van der Waals surface area contributed by atoms with Crippen LogP contribution in [0.15, 0.2) is 53.4 Å². The zero-order valence-corrected chi connectivity index (χ0v) is 19.7. The summed E-state index contributed by atoms with van der Waals surface area (Å²) in [5.74, 6) is 0.620. The monoisotopic (exact) mass is 448 g/mol. The molecule has 0 bridgehead atoms. The summed E-state index contributed by atoms with van der Waals surface area (Å²) < 4.78 is 38.9. The highest BCUT2D eigenvalue weighted by Crippen LogP contribution is 2.21. The maximum atomic E-state index is 13.0. The third-order valence-electron chi connectivity index (χ3n) is 4.69. The number of methoxy groups -OCH3 is 1. The van der Waals surface area contributed by atoms with Crippen molar-refractivity contribution in [3.8, 4) is 11.5 Å². The van der Waals surface area contributed by atoms with Gasteiger partial charge in [-0.15, -0.1) is 0 Å². The van der Waals surface area contributed by atoms with Crippen molar-refractivity contribution in [3.63, 3.8) is 0 Å². The number of ether oxygens (including phenoxy) is 2. The number of amides is 1. The molecule has 7 nitrogen and oxygen atoms in total. The molecule has 2 aromatic carbocycles. The fourth-order valence-electron chi connectivity index (χ4n) is 3.00. The molecule has 1 amide bonds. The molecule has 1 unspecified atom stereocenters. The SMILES string of the molecule is COc1ccc(S(=O)(=O)N[C@H](C(=O)NC(C)c2cccc(OC(C)C)c2)C(C)C)cc1. The van der Waals surface area contributed by atoms with Gasteiger partial charge in [-0.25, -0.2) is 8.42 Å². The van der Waals surface area contributed by atoms with Crippen molar-refractivity contribution in [2.24, 2.45) is 5.92 Å². The fraction of sp³-hybridized carbons (Fsp3) is 0.435. The van der Waals surface area contributed by atoms with Gasteiger partial charge in [0.2, 0.25) is 15.9 Å². The first kappa shape index (κ1) is 24.7. The average Bonchev–Trinajstić information content (AvgIpc) is 2.71. The van der Waals surface area contributed by atoms with Gasteiger partial charge in [0.15, 0.2) is 0 Å². The number of benzene rings is 2. The van der Waals surface area contributed by atoms with E-state index in [9.17, 15) is 13.2 Å². The van der Waals surface area contributed by atoms with Crippen molar-refractivity contribution >= 4 is 15.9 Å². The van der Waals surface area contributed by atoms with E-state index in [0.29, 0.717) is 11.5 Å². The zero-order valence-electron chi connectivity index (χ0n) is 18.9. The van der Waals surface area contributed by atoms with Crippen LogP contribution in [0.1, 0.15) is 46.2 Å². The molecule has 0 aliphatic carbocycles. The molecule has 0 heterocycles. The number of sulfonamides is 1. The van der Waals surface area contributed by atoms with Crippen LogP contribution in [0.4, 0.5) is 0 Å². The van der Waals surface area contributed by atoms with E-state index >= 15 is 0 Å². The second kappa shape index (κ2) is 10.6. The van der Waals surface area contributed by atoms with Crippen molar-refractivity contribution in [2.75, 3.05) is 7.11 Å². The van der Waals surface area contributed by atoms with Crippen molar-refractivity contribution in [2.45, 2.75) is 57.7 Å². The normalized spacial score (nSPS) is 13.7. The number of rotatable bonds is 10. The van der Waals surface area contributed by atoms with E-state index < -0.39 is 22.0 Å². The summed E-state index contributed by atoms with van der Waals surface area (Å²) in [6, 6.07) is 12.2. The number of hydrogen-bond donors (Lipinski definition) is 2. The molecule has 2 rings (SSSR count). The Balaban J connectivity index is 2.14. The number of nitrogens with one attached hydrogen (secondary N) is 2. The van der Waals surface area contributed by atoms with Crippen molar-refractivity contribution in [3.05, 3.63) is 54.1 Å². The summed E-state index contributed by atoms with van der Waals surface area (Å²) in [5, 5.41) is 2.91. The van der Waals surface area contributed by atoms with Gasteiger partial charge >= 0.3 is 0 Å². The van der Waals surface area contributed by atoms with E-state index in [-0.39, 0.29) is 23.0 Å².